The lowest BCUT2D eigenvalue weighted by Crippen LogP contribution is -2.49. The second-order valence-corrected chi connectivity index (χ2v) is 12.3. The molecule has 1 aromatic heterocycles. The van der Waals surface area contributed by atoms with Gasteiger partial charge in [0.25, 0.3) is 5.91 Å². The maximum Gasteiger partial charge on any atom is 0.325 e. The van der Waals surface area contributed by atoms with Crippen molar-refractivity contribution in [3.8, 4) is 5.75 Å². The van der Waals surface area contributed by atoms with Gasteiger partial charge >= 0.3 is 5.97 Å². The van der Waals surface area contributed by atoms with Crippen molar-refractivity contribution in [2.45, 2.75) is 50.5 Å². The zero-order chi connectivity index (χ0) is 33.7. The number of carbonyl (C=O) groups excluding carboxylic acids is 3. The quantitative estimate of drug-likeness (QED) is 0.105. The van der Waals surface area contributed by atoms with Crippen LogP contribution in [-0.4, -0.2) is 70.6 Å². The molecule has 13 nitrogen and oxygen atoms in total. The number of hydrogen-bond acceptors (Lipinski definition) is 10. The molecule has 0 spiro atoms. The summed E-state index contributed by atoms with van der Waals surface area (Å²) in [4.78, 5) is 41.4. The number of methoxy groups -OCH3 is 1. The summed E-state index contributed by atoms with van der Waals surface area (Å²) in [6.45, 7) is 3.90. The number of nitrogens with two attached hydrogens (primary N) is 2. The lowest BCUT2D eigenvalue weighted by atomic mass is 10.1. The number of aromatic nitrogens is 1. The number of sulfonamides is 1. The highest BCUT2D eigenvalue weighted by Crippen LogP contribution is 2.26. The molecule has 14 heteroatoms. The summed E-state index contributed by atoms with van der Waals surface area (Å²) in [5, 5.41) is 5.30. The van der Waals surface area contributed by atoms with Crippen LogP contribution in [0, 0.1) is 13.8 Å². The molecule has 0 unspecified atom stereocenters. The van der Waals surface area contributed by atoms with Crippen LogP contribution in [0.15, 0.2) is 59.5 Å². The number of nitrogens with zero attached hydrogens (tertiary/aromatic N) is 1. The van der Waals surface area contributed by atoms with Gasteiger partial charge < -0.3 is 31.6 Å². The summed E-state index contributed by atoms with van der Waals surface area (Å²) in [5.41, 5.74) is 14.1. The normalized spacial score (nSPS) is 11.8. The van der Waals surface area contributed by atoms with E-state index in [-0.39, 0.29) is 30.4 Å². The largest absolute Gasteiger partial charge is 0.494 e. The summed E-state index contributed by atoms with van der Waals surface area (Å²) in [6.07, 6.45) is 2.12. The zero-order valence-electron chi connectivity index (χ0n) is 26.3. The number of benzene rings is 2. The number of esters is 1. The van der Waals surface area contributed by atoms with Crippen LogP contribution in [0.5, 0.6) is 5.75 Å². The van der Waals surface area contributed by atoms with Gasteiger partial charge in [0.2, 0.25) is 15.9 Å². The third kappa shape index (κ3) is 10.8. The van der Waals surface area contributed by atoms with E-state index in [0.717, 1.165) is 18.4 Å². The van der Waals surface area contributed by atoms with Crippen LogP contribution in [0.2, 0.25) is 0 Å². The molecule has 0 bridgehead atoms. The fourth-order valence-electron chi connectivity index (χ4n) is 4.73. The number of rotatable bonds is 17. The van der Waals surface area contributed by atoms with Gasteiger partial charge in [0.1, 0.15) is 17.6 Å². The van der Waals surface area contributed by atoms with Gasteiger partial charge in [0, 0.05) is 37.3 Å². The van der Waals surface area contributed by atoms with Crippen molar-refractivity contribution < 1.29 is 32.3 Å². The van der Waals surface area contributed by atoms with Crippen molar-refractivity contribution in [2.75, 3.05) is 39.1 Å². The van der Waals surface area contributed by atoms with Gasteiger partial charge in [-0.3, -0.25) is 14.4 Å². The number of anilines is 1. The predicted octanol–water partition coefficient (Wildman–Crippen LogP) is 1.55. The third-order valence-electron chi connectivity index (χ3n) is 6.95. The van der Waals surface area contributed by atoms with E-state index >= 15 is 0 Å². The number of pyridine rings is 1. The molecular weight excluding hydrogens is 612 g/mol. The Kier molecular flexibility index (Phi) is 13.5. The van der Waals surface area contributed by atoms with Crippen LogP contribution in [0.25, 0.3) is 0 Å². The van der Waals surface area contributed by atoms with E-state index in [4.69, 9.17) is 20.9 Å². The second-order valence-electron chi connectivity index (χ2n) is 10.6. The Bertz CT molecular complexity index is 1590. The topological polar surface area (TPSA) is 205 Å². The predicted molar refractivity (Wildman–Crippen MR) is 174 cm³/mol. The van der Waals surface area contributed by atoms with Crippen molar-refractivity contribution >= 4 is 33.6 Å². The fourth-order valence-corrected chi connectivity index (χ4v) is 6.37. The first-order valence-corrected chi connectivity index (χ1v) is 16.3. The van der Waals surface area contributed by atoms with Crippen molar-refractivity contribution in [3.63, 3.8) is 0 Å². The van der Waals surface area contributed by atoms with Gasteiger partial charge in [-0.2, -0.15) is 4.72 Å². The second kappa shape index (κ2) is 17.2. The summed E-state index contributed by atoms with van der Waals surface area (Å²) in [7, 11) is -3.09. The Morgan fingerprint density at radius 2 is 1.67 bits per heavy atom. The molecule has 3 aromatic rings. The van der Waals surface area contributed by atoms with Gasteiger partial charge in [-0.15, -0.1) is 0 Å². The minimum absolute atomic E-state index is 0.0229. The van der Waals surface area contributed by atoms with Crippen molar-refractivity contribution in [1.29, 1.82) is 0 Å². The molecule has 0 aliphatic heterocycles. The molecule has 1 heterocycles. The Hall–Kier alpha value is -4.53. The van der Waals surface area contributed by atoms with Gasteiger partial charge in [0.15, 0.2) is 0 Å². The Balaban J connectivity index is 1.59. The number of nitrogens with one attached hydrogen (secondary N) is 3. The van der Waals surface area contributed by atoms with Crippen LogP contribution >= 0.6 is 0 Å². The van der Waals surface area contributed by atoms with E-state index in [1.807, 2.05) is 24.3 Å². The molecule has 248 valence electrons. The summed E-state index contributed by atoms with van der Waals surface area (Å²) >= 11 is 0. The van der Waals surface area contributed by atoms with Gasteiger partial charge in [-0.05, 0) is 86.2 Å². The van der Waals surface area contributed by atoms with Crippen molar-refractivity contribution in [1.82, 2.24) is 20.3 Å². The maximum atomic E-state index is 13.4. The molecule has 7 N–H and O–H groups in total. The number of hydrogen-bond donors (Lipinski definition) is 5. The van der Waals surface area contributed by atoms with E-state index in [9.17, 15) is 22.8 Å². The minimum Gasteiger partial charge on any atom is -0.494 e. The van der Waals surface area contributed by atoms with Crippen LogP contribution < -0.4 is 31.6 Å². The van der Waals surface area contributed by atoms with Crippen molar-refractivity contribution in [3.05, 3.63) is 82.5 Å². The van der Waals surface area contributed by atoms with E-state index in [0.29, 0.717) is 60.6 Å². The highest BCUT2D eigenvalue weighted by atomic mass is 32.2. The first kappa shape index (κ1) is 35.9. The Labute approximate surface area is 269 Å². The lowest BCUT2D eigenvalue weighted by Gasteiger charge is -2.20. The van der Waals surface area contributed by atoms with Crippen LogP contribution in [0.4, 0.5) is 5.82 Å². The SMILES string of the molecule is COC(=O)[C@H](CNC(=O)c1ccc(CCc2cccc(N)n2)cc1)NS(=O)(=O)c1c(C)cc(OCCCC(=O)NCCN)cc1C. The van der Waals surface area contributed by atoms with E-state index in [1.54, 1.807) is 44.2 Å². The molecule has 0 aliphatic rings. The molecule has 46 heavy (non-hydrogen) atoms. The Morgan fingerprint density at radius 1 is 0.978 bits per heavy atom. The van der Waals surface area contributed by atoms with Gasteiger partial charge in [-0.1, -0.05) is 18.2 Å². The van der Waals surface area contributed by atoms with E-state index < -0.39 is 27.9 Å². The fraction of sp³-hybridized carbons (Fsp3) is 0.375. The number of aryl methyl sites for hydroxylation is 4. The van der Waals surface area contributed by atoms with Crippen LogP contribution in [-0.2, 0) is 37.2 Å². The minimum atomic E-state index is -4.22. The number of carbonyl (C=O) groups is 3. The first-order valence-electron chi connectivity index (χ1n) is 14.8. The summed E-state index contributed by atoms with van der Waals surface area (Å²) < 4.78 is 39.8. The number of nitrogen functional groups attached to an aromatic ring is 1. The smallest absolute Gasteiger partial charge is 0.325 e. The van der Waals surface area contributed by atoms with Gasteiger partial charge in [-0.25, -0.2) is 13.4 Å². The number of amides is 2. The van der Waals surface area contributed by atoms with Gasteiger partial charge in [0.05, 0.1) is 18.6 Å². The number of ether oxygens (including phenoxy) is 2. The zero-order valence-corrected chi connectivity index (χ0v) is 27.1. The monoisotopic (exact) mass is 654 g/mol. The standard InChI is InChI=1S/C32H42N6O7S/c1-21-18-26(45-17-5-8-29(39)35-16-15-33)19-22(2)30(21)46(42,43)38-27(32(41)44-3)20-36-31(40)24-12-9-23(10-13-24)11-14-25-6-4-7-28(34)37-25/h4,6-7,9-10,12-13,18-19,27,38H,5,8,11,14-17,20,33H2,1-3H3,(H2,34,37)(H,35,39)(H,36,40)/t27-/m0/s1. The van der Waals surface area contributed by atoms with E-state index in [1.165, 1.54) is 0 Å². The summed E-state index contributed by atoms with van der Waals surface area (Å²) in [5.74, 6) is -0.564. The average molecular weight is 655 g/mol. The summed E-state index contributed by atoms with van der Waals surface area (Å²) in [6, 6.07) is 14.2. The highest BCUT2D eigenvalue weighted by molar-refractivity contribution is 7.89. The molecule has 2 aromatic carbocycles. The molecule has 0 fully saturated rings. The van der Waals surface area contributed by atoms with Crippen LogP contribution in [0.1, 0.15) is 45.6 Å². The molecule has 2 amide bonds. The molecule has 0 aliphatic carbocycles. The molecule has 3 rings (SSSR count). The van der Waals surface area contributed by atoms with Crippen molar-refractivity contribution in [2.24, 2.45) is 5.73 Å². The molecular formula is C32H42N6O7S. The maximum absolute atomic E-state index is 13.4. The average Bonchev–Trinajstić information content (AvgIpc) is 3.02. The molecule has 0 saturated heterocycles. The Morgan fingerprint density at radius 3 is 2.30 bits per heavy atom. The molecule has 0 radical (unpaired) electrons. The van der Waals surface area contributed by atoms with Crippen LogP contribution in [0.3, 0.4) is 0 Å². The first-order chi connectivity index (χ1) is 21.9. The molecule has 1 atom stereocenters. The third-order valence-corrected chi connectivity index (χ3v) is 8.73. The molecule has 0 saturated carbocycles. The van der Waals surface area contributed by atoms with E-state index in [2.05, 4.69) is 20.3 Å². The highest BCUT2D eigenvalue weighted by Gasteiger charge is 2.29. The lowest BCUT2D eigenvalue weighted by molar-refractivity contribution is -0.142.